The summed E-state index contributed by atoms with van der Waals surface area (Å²) in [7, 11) is 0. The summed E-state index contributed by atoms with van der Waals surface area (Å²) in [5, 5.41) is 12.7. The number of hydrogen-bond donors (Lipinski definition) is 1. The van der Waals surface area contributed by atoms with E-state index in [2.05, 4.69) is 34.1 Å². The molecular weight excluding hydrogens is 380 g/mol. The second-order valence-electron chi connectivity index (χ2n) is 8.23. The predicted octanol–water partition coefficient (Wildman–Crippen LogP) is 2.86. The summed E-state index contributed by atoms with van der Waals surface area (Å²) < 4.78 is 16.4. The summed E-state index contributed by atoms with van der Waals surface area (Å²) in [5.74, 6) is 0.778. The average molecular weight is 408 g/mol. The maximum atomic E-state index is 10.5. The Bertz CT molecular complexity index is 963. The fourth-order valence-corrected chi connectivity index (χ4v) is 4.21. The number of nitrogens with zero attached hydrogens (tertiary/aromatic N) is 2. The molecule has 1 N–H and O–H groups in total. The van der Waals surface area contributed by atoms with Crippen molar-refractivity contribution in [1.29, 1.82) is 0 Å². The van der Waals surface area contributed by atoms with Crippen molar-refractivity contribution in [2.75, 3.05) is 52.5 Å². The number of ether oxygens (including phenoxy) is 2. The summed E-state index contributed by atoms with van der Waals surface area (Å²) in [6, 6.07) is 14.9. The molecule has 2 aromatic carbocycles. The molecule has 2 fully saturated rings. The molecule has 5 rings (SSSR count). The third kappa shape index (κ3) is 4.37. The summed E-state index contributed by atoms with van der Waals surface area (Å²) in [4.78, 5) is 4.82. The van der Waals surface area contributed by atoms with Gasteiger partial charge in [-0.05, 0) is 40.6 Å². The van der Waals surface area contributed by atoms with E-state index in [9.17, 15) is 5.11 Å². The largest absolute Gasteiger partial charge is 0.491 e. The number of β-amino-alcohol motifs (C(OH)–C–C–N with tert-alkyl or cyclic N) is 1. The van der Waals surface area contributed by atoms with Gasteiger partial charge in [0.25, 0.3) is 0 Å². The number of rotatable bonds is 7. The summed E-state index contributed by atoms with van der Waals surface area (Å²) in [5.41, 5.74) is 2.17. The van der Waals surface area contributed by atoms with Crippen LogP contribution >= 0.6 is 0 Å². The van der Waals surface area contributed by atoms with E-state index in [-0.39, 0.29) is 0 Å². The lowest BCUT2D eigenvalue weighted by molar-refractivity contribution is -0.0793. The molecule has 6 heteroatoms. The van der Waals surface area contributed by atoms with Crippen LogP contribution in [0, 0.1) is 0 Å². The quantitative estimate of drug-likeness (QED) is 0.649. The maximum Gasteiger partial charge on any atom is 0.120 e. The lowest BCUT2D eigenvalue weighted by Gasteiger charge is -2.42. The van der Waals surface area contributed by atoms with Crippen LogP contribution in [-0.4, -0.2) is 79.6 Å². The van der Waals surface area contributed by atoms with Crippen LogP contribution in [0.3, 0.4) is 0 Å². The van der Waals surface area contributed by atoms with Gasteiger partial charge in [0.05, 0.1) is 31.8 Å². The standard InChI is InChI=1S/C24H28N2O4/c27-23(13-25-6-8-26(9-7-25)22-15-29-16-22)17-30-24-4-3-18-1-2-19(11-21(18)12-24)20-5-10-28-14-20/h1-5,10-12,14,22-23,27H,6-9,13,15-17H2. The molecule has 6 nitrogen and oxygen atoms in total. The van der Waals surface area contributed by atoms with Crippen LogP contribution in [-0.2, 0) is 4.74 Å². The highest BCUT2D eigenvalue weighted by Crippen LogP contribution is 2.27. The van der Waals surface area contributed by atoms with E-state index in [0.717, 1.165) is 67.0 Å². The van der Waals surface area contributed by atoms with Gasteiger partial charge in [0.15, 0.2) is 0 Å². The first kappa shape index (κ1) is 19.6. The maximum absolute atomic E-state index is 10.5. The smallest absolute Gasteiger partial charge is 0.120 e. The molecule has 30 heavy (non-hydrogen) atoms. The highest BCUT2D eigenvalue weighted by molar-refractivity contribution is 5.88. The van der Waals surface area contributed by atoms with Gasteiger partial charge in [-0.15, -0.1) is 0 Å². The molecule has 2 aliphatic rings. The summed E-state index contributed by atoms with van der Waals surface area (Å²) in [6.07, 6.45) is 2.93. The third-order valence-corrected chi connectivity index (χ3v) is 6.12. The van der Waals surface area contributed by atoms with Crippen molar-refractivity contribution in [2.24, 2.45) is 0 Å². The fraction of sp³-hybridized carbons (Fsp3) is 0.417. The first-order valence-electron chi connectivity index (χ1n) is 10.7. The van der Waals surface area contributed by atoms with Crippen molar-refractivity contribution in [3.8, 4) is 16.9 Å². The van der Waals surface area contributed by atoms with E-state index in [1.54, 1.807) is 12.5 Å². The van der Waals surface area contributed by atoms with E-state index in [4.69, 9.17) is 13.9 Å². The molecule has 0 spiro atoms. The van der Waals surface area contributed by atoms with Gasteiger partial charge >= 0.3 is 0 Å². The molecule has 2 aliphatic heterocycles. The SMILES string of the molecule is OC(COc1ccc2ccc(-c3ccoc3)cc2c1)CN1CCN(C2COC2)CC1. The van der Waals surface area contributed by atoms with Gasteiger partial charge in [0, 0.05) is 38.3 Å². The minimum absolute atomic E-state index is 0.295. The Hall–Kier alpha value is -2.38. The van der Waals surface area contributed by atoms with Crippen LogP contribution in [0.5, 0.6) is 5.75 Å². The average Bonchev–Trinajstić information content (AvgIpc) is 3.27. The van der Waals surface area contributed by atoms with Gasteiger partial charge in [0.2, 0.25) is 0 Å². The number of aliphatic hydroxyl groups is 1. The van der Waals surface area contributed by atoms with Gasteiger partial charge in [0.1, 0.15) is 18.5 Å². The zero-order valence-corrected chi connectivity index (χ0v) is 17.1. The van der Waals surface area contributed by atoms with E-state index in [1.807, 2.05) is 18.2 Å². The Balaban J connectivity index is 1.14. The predicted molar refractivity (Wildman–Crippen MR) is 116 cm³/mol. The molecule has 3 aromatic rings. The molecule has 2 saturated heterocycles. The van der Waals surface area contributed by atoms with Crippen molar-refractivity contribution in [3.05, 3.63) is 55.0 Å². The van der Waals surface area contributed by atoms with Gasteiger partial charge < -0.3 is 19.0 Å². The van der Waals surface area contributed by atoms with Gasteiger partial charge in [-0.1, -0.05) is 18.2 Å². The molecular formula is C24H28N2O4. The topological polar surface area (TPSA) is 58.3 Å². The molecule has 0 bridgehead atoms. The molecule has 3 heterocycles. The van der Waals surface area contributed by atoms with Crippen LogP contribution in [0.2, 0.25) is 0 Å². The molecule has 1 atom stereocenters. The molecule has 158 valence electrons. The van der Waals surface area contributed by atoms with Crippen molar-refractivity contribution in [3.63, 3.8) is 0 Å². The number of furan rings is 1. The lowest BCUT2D eigenvalue weighted by atomic mass is 10.0. The fourth-order valence-electron chi connectivity index (χ4n) is 4.21. The molecule has 1 aromatic heterocycles. The Labute approximate surface area is 176 Å². The second kappa shape index (κ2) is 8.78. The van der Waals surface area contributed by atoms with E-state index in [0.29, 0.717) is 19.2 Å². The van der Waals surface area contributed by atoms with Gasteiger partial charge in [-0.25, -0.2) is 0 Å². The van der Waals surface area contributed by atoms with Crippen LogP contribution in [0.25, 0.3) is 21.9 Å². The second-order valence-corrected chi connectivity index (χ2v) is 8.23. The van der Waals surface area contributed by atoms with Crippen molar-refractivity contribution < 1.29 is 19.0 Å². The number of piperazine rings is 1. The first-order valence-corrected chi connectivity index (χ1v) is 10.7. The zero-order valence-electron chi connectivity index (χ0n) is 17.1. The van der Waals surface area contributed by atoms with Crippen molar-refractivity contribution in [1.82, 2.24) is 9.80 Å². The Kier molecular flexibility index (Phi) is 5.73. The van der Waals surface area contributed by atoms with Crippen LogP contribution in [0.15, 0.2) is 59.4 Å². The molecule has 0 radical (unpaired) electrons. The molecule has 1 unspecified atom stereocenters. The van der Waals surface area contributed by atoms with E-state index in [1.165, 1.54) is 0 Å². The first-order chi connectivity index (χ1) is 14.7. The molecule has 0 aliphatic carbocycles. The van der Waals surface area contributed by atoms with Crippen molar-refractivity contribution in [2.45, 2.75) is 12.1 Å². The van der Waals surface area contributed by atoms with Gasteiger partial charge in [-0.2, -0.15) is 0 Å². The van der Waals surface area contributed by atoms with Crippen LogP contribution < -0.4 is 4.74 Å². The minimum atomic E-state index is -0.503. The third-order valence-electron chi connectivity index (χ3n) is 6.12. The Morgan fingerprint density at radius 1 is 0.967 bits per heavy atom. The lowest BCUT2D eigenvalue weighted by Crippen LogP contribution is -2.57. The normalized spacial score (nSPS) is 19.6. The van der Waals surface area contributed by atoms with E-state index >= 15 is 0 Å². The monoisotopic (exact) mass is 408 g/mol. The summed E-state index contributed by atoms with van der Waals surface area (Å²) >= 11 is 0. The molecule has 0 saturated carbocycles. The Morgan fingerprint density at radius 2 is 1.80 bits per heavy atom. The highest BCUT2D eigenvalue weighted by atomic mass is 16.5. The summed E-state index contributed by atoms with van der Waals surface area (Å²) in [6.45, 7) is 6.74. The zero-order chi connectivity index (χ0) is 20.3. The van der Waals surface area contributed by atoms with E-state index < -0.39 is 6.10 Å². The van der Waals surface area contributed by atoms with Crippen molar-refractivity contribution >= 4 is 10.8 Å². The minimum Gasteiger partial charge on any atom is -0.491 e. The number of hydrogen-bond acceptors (Lipinski definition) is 6. The number of aliphatic hydroxyl groups excluding tert-OH is 1. The van der Waals surface area contributed by atoms with Crippen LogP contribution in [0.1, 0.15) is 0 Å². The van der Waals surface area contributed by atoms with Crippen LogP contribution in [0.4, 0.5) is 0 Å². The number of benzene rings is 2. The van der Waals surface area contributed by atoms with Gasteiger partial charge in [-0.3, -0.25) is 9.80 Å². The highest BCUT2D eigenvalue weighted by Gasteiger charge is 2.29. The Morgan fingerprint density at radius 3 is 2.53 bits per heavy atom. The number of fused-ring (bicyclic) bond motifs is 1. The molecule has 0 amide bonds.